The lowest BCUT2D eigenvalue weighted by molar-refractivity contribution is 0.0960. The number of aromatic nitrogens is 1. The largest absolute Gasteiger partial charge is 0.376 e. The lowest BCUT2D eigenvalue weighted by atomic mass is 10.2. The van der Waals surface area contributed by atoms with Gasteiger partial charge in [0, 0.05) is 33.0 Å². The maximum atomic E-state index is 12.0. The minimum absolute atomic E-state index is 0.00462. The Morgan fingerprint density at radius 1 is 1.42 bits per heavy atom. The standard InChI is InChI=1S/C12H18N2O4S/c1-13(2)19(16,17)11-5-6-12(15)14(9-11)8-10-4-3-7-18-10/h5-6,9-10H,3-4,7-8H2,1-2H3/t10-/m1/s1. The van der Waals surface area contributed by atoms with Crippen LogP contribution in [0.4, 0.5) is 0 Å². The van der Waals surface area contributed by atoms with Gasteiger partial charge in [0.15, 0.2) is 0 Å². The molecule has 0 N–H and O–H groups in total. The summed E-state index contributed by atoms with van der Waals surface area (Å²) >= 11 is 0. The molecule has 1 aliphatic heterocycles. The minimum atomic E-state index is -3.52. The molecule has 0 saturated carbocycles. The average molecular weight is 286 g/mol. The second-order valence-electron chi connectivity index (χ2n) is 4.78. The van der Waals surface area contributed by atoms with E-state index in [9.17, 15) is 13.2 Å². The van der Waals surface area contributed by atoms with Crippen LogP contribution in [-0.2, 0) is 21.3 Å². The molecule has 1 aromatic heterocycles. The van der Waals surface area contributed by atoms with Crippen LogP contribution in [0, 0.1) is 0 Å². The molecule has 106 valence electrons. The fourth-order valence-corrected chi connectivity index (χ4v) is 2.95. The van der Waals surface area contributed by atoms with Crippen molar-refractivity contribution in [2.45, 2.75) is 30.4 Å². The molecular weight excluding hydrogens is 268 g/mol. The van der Waals surface area contributed by atoms with Crippen LogP contribution < -0.4 is 5.56 Å². The molecule has 0 bridgehead atoms. The highest BCUT2D eigenvalue weighted by molar-refractivity contribution is 7.89. The van der Waals surface area contributed by atoms with Crippen molar-refractivity contribution >= 4 is 10.0 Å². The van der Waals surface area contributed by atoms with E-state index in [1.165, 1.54) is 37.0 Å². The monoisotopic (exact) mass is 286 g/mol. The summed E-state index contributed by atoms with van der Waals surface area (Å²) in [5.41, 5.74) is -0.215. The Morgan fingerprint density at radius 2 is 2.16 bits per heavy atom. The minimum Gasteiger partial charge on any atom is -0.376 e. The Morgan fingerprint density at radius 3 is 2.74 bits per heavy atom. The zero-order valence-electron chi connectivity index (χ0n) is 11.1. The SMILES string of the molecule is CN(C)S(=O)(=O)c1ccc(=O)n(C[C@H]2CCCO2)c1. The average Bonchev–Trinajstić information content (AvgIpc) is 2.84. The Labute approximate surface area is 112 Å². The molecule has 0 unspecified atom stereocenters. The van der Waals surface area contributed by atoms with E-state index < -0.39 is 10.0 Å². The number of ether oxygens (including phenoxy) is 1. The molecule has 0 aromatic carbocycles. The van der Waals surface area contributed by atoms with Gasteiger partial charge >= 0.3 is 0 Å². The molecule has 1 aliphatic rings. The summed E-state index contributed by atoms with van der Waals surface area (Å²) in [6.07, 6.45) is 3.26. The highest BCUT2D eigenvalue weighted by Crippen LogP contribution is 2.15. The molecule has 1 fully saturated rings. The van der Waals surface area contributed by atoms with Crippen molar-refractivity contribution < 1.29 is 13.2 Å². The molecule has 19 heavy (non-hydrogen) atoms. The lowest BCUT2D eigenvalue weighted by Crippen LogP contribution is -2.28. The second-order valence-corrected chi connectivity index (χ2v) is 6.93. The van der Waals surface area contributed by atoms with Crippen molar-refractivity contribution in [1.82, 2.24) is 8.87 Å². The van der Waals surface area contributed by atoms with Crippen LogP contribution in [0.3, 0.4) is 0 Å². The topological polar surface area (TPSA) is 68.6 Å². The van der Waals surface area contributed by atoms with Crippen molar-refractivity contribution in [2.24, 2.45) is 0 Å². The van der Waals surface area contributed by atoms with E-state index in [0.29, 0.717) is 13.2 Å². The molecule has 7 heteroatoms. The van der Waals surface area contributed by atoms with E-state index in [1.54, 1.807) is 0 Å². The van der Waals surface area contributed by atoms with Crippen molar-refractivity contribution in [3.63, 3.8) is 0 Å². The second kappa shape index (κ2) is 5.44. The highest BCUT2D eigenvalue weighted by atomic mass is 32.2. The summed E-state index contributed by atoms with van der Waals surface area (Å²) in [5, 5.41) is 0. The van der Waals surface area contributed by atoms with Crippen molar-refractivity contribution in [2.75, 3.05) is 20.7 Å². The zero-order valence-corrected chi connectivity index (χ0v) is 11.9. The first-order valence-corrected chi connectivity index (χ1v) is 7.60. The summed E-state index contributed by atoms with van der Waals surface area (Å²) in [6.45, 7) is 1.10. The predicted molar refractivity (Wildman–Crippen MR) is 70.5 cm³/mol. The fraction of sp³-hybridized carbons (Fsp3) is 0.583. The Kier molecular flexibility index (Phi) is 4.07. The third-order valence-electron chi connectivity index (χ3n) is 3.16. The van der Waals surface area contributed by atoms with Crippen molar-refractivity contribution in [1.29, 1.82) is 0 Å². The van der Waals surface area contributed by atoms with E-state index in [4.69, 9.17) is 4.74 Å². The summed E-state index contributed by atoms with van der Waals surface area (Å²) < 4.78 is 32.0. The van der Waals surface area contributed by atoms with Crippen LogP contribution >= 0.6 is 0 Å². The van der Waals surface area contributed by atoms with Gasteiger partial charge in [-0.3, -0.25) is 4.79 Å². The number of nitrogens with zero attached hydrogens (tertiary/aromatic N) is 2. The summed E-state index contributed by atoms with van der Waals surface area (Å²) in [4.78, 5) is 11.9. The molecule has 0 radical (unpaired) electrons. The zero-order chi connectivity index (χ0) is 14.0. The summed E-state index contributed by atoms with van der Waals surface area (Å²) in [7, 11) is -0.591. The van der Waals surface area contributed by atoms with Gasteiger partial charge in [0.1, 0.15) is 0 Å². The van der Waals surface area contributed by atoms with Crippen LogP contribution in [0.25, 0.3) is 0 Å². The maximum Gasteiger partial charge on any atom is 0.250 e. The Hall–Kier alpha value is -1.18. The van der Waals surface area contributed by atoms with Gasteiger partial charge in [0.25, 0.3) is 5.56 Å². The number of pyridine rings is 1. The van der Waals surface area contributed by atoms with Crippen LogP contribution in [-0.4, -0.2) is 44.1 Å². The number of hydrogen-bond donors (Lipinski definition) is 0. The van der Waals surface area contributed by atoms with Crippen LogP contribution in [0.5, 0.6) is 0 Å². The maximum absolute atomic E-state index is 12.0. The molecule has 2 rings (SSSR count). The molecule has 1 atom stereocenters. The lowest BCUT2D eigenvalue weighted by Gasteiger charge is -2.15. The molecule has 0 spiro atoms. The first kappa shape index (κ1) is 14.2. The van der Waals surface area contributed by atoms with Gasteiger partial charge in [0.2, 0.25) is 10.0 Å². The van der Waals surface area contributed by atoms with E-state index in [0.717, 1.165) is 17.1 Å². The van der Waals surface area contributed by atoms with E-state index in [-0.39, 0.29) is 16.6 Å². The van der Waals surface area contributed by atoms with Crippen molar-refractivity contribution in [3.8, 4) is 0 Å². The van der Waals surface area contributed by atoms with Gasteiger partial charge in [-0.15, -0.1) is 0 Å². The smallest absolute Gasteiger partial charge is 0.250 e. The quantitative estimate of drug-likeness (QED) is 0.797. The first-order valence-electron chi connectivity index (χ1n) is 6.16. The highest BCUT2D eigenvalue weighted by Gasteiger charge is 2.20. The number of hydrogen-bond acceptors (Lipinski definition) is 4. The molecule has 6 nitrogen and oxygen atoms in total. The fourth-order valence-electron chi connectivity index (χ4n) is 2.02. The number of sulfonamides is 1. The van der Waals surface area contributed by atoms with E-state index >= 15 is 0 Å². The molecule has 2 heterocycles. The Balaban J connectivity index is 2.32. The van der Waals surface area contributed by atoms with Gasteiger partial charge in [0.05, 0.1) is 17.5 Å². The normalized spacial score (nSPS) is 20.1. The van der Waals surface area contributed by atoms with Gasteiger partial charge in [-0.05, 0) is 18.9 Å². The summed E-state index contributed by atoms with van der Waals surface area (Å²) in [5.74, 6) is 0. The van der Waals surface area contributed by atoms with Gasteiger partial charge in [-0.2, -0.15) is 0 Å². The Bertz CT molecular complexity index is 600. The van der Waals surface area contributed by atoms with Gasteiger partial charge < -0.3 is 9.30 Å². The first-order chi connectivity index (χ1) is 8.91. The number of rotatable bonds is 4. The third-order valence-corrected chi connectivity index (χ3v) is 4.96. The van der Waals surface area contributed by atoms with Crippen LogP contribution in [0.15, 0.2) is 28.0 Å². The van der Waals surface area contributed by atoms with E-state index in [1.807, 2.05) is 0 Å². The van der Waals surface area contributed by atoms with E-state index in [2.05, 4.69) is 0 Å². The van der Waals surface area contributed by atoms with Gasteiger partial charge in [-0.1, -0.05) is 0 Å². The summed E-state index contributed by atoms with van der Waals surface area (Å²) in [6, 6.07) is 2.62. The van der Waals surface area contributed by atoms with Gasteiger partial charge in [-0.25, -0.2) is 12.7 Å². The van der Waals surface area contributed by atoms with Crippen LogP contribution in [0.1, 0.15) is 12.8 Å². The van der Waals surface area contributed by atoms with Crippen molar-refractivity contribution in [3.05, 3.63) is 28.7 Å². The molecule has 0 aliphatic carbocycles. The predicted octanol–water partition coefficient (Wildman–Crippen LogP) is 0.278. The molecule has 1 aromatic rings. The third kappa shape index (κ3) is 3.05. The van der Waals surface area contributed by atoms with Crippen LogP contribution in [0.2, 0.25) is 0 Å². The molecule has 1 saturated heterocycles. The molecule has 0 amide bonds. The molecular formula is C12H18N2O4S.